The Morgan fingerprint density at radius 2 is 1.85 bits per heavy atom. The Hall–Kier alpha value is -2.95. The fraction of sp³-hybridized carbons (Fsp3) is 0.444. The molecule has 0 spiro atoms. The quantitative estimate of drug-likeness (QED) is 0.672. The van der Waals surface area contributed by atoms with Crippen LogP contribution in [0.4, 0.5) is 4.39 Å². The molecule has 1 aromatic rings. The van der Waals surface area contributed by atoms with Crippen LogP contribution in [-0.2, 0) is 25.5 Å². The lowest BCUT2D eigenvalue weighted by molar-refractivity contribution is -0.146. The molecule has 0 aliphatic heterocycles. The summed E-state index contributed by atoms with van der Waals surface area (Å²) in [4.78, 5) is 36.0. The highest BCUT2D eigenvalue weighted by molar-refractivity contribution is 5.90. The average Bonchev–Trinajstić information content (AvgIpc) is 2.59. The lowest BCUT2D eigenvalue weighted by atomic mass is 9.97. The van der Waals surface area contributed by atoms with Crippen molar-refractivity contribution < 1.29 is 23.5 Å². The van der Waals surface area contributed by atoms with Gasteiger partial charge in [0.25, 0.3) is 0 Å². The molecule has 7 nitrogen and oxygen atoms in total. The van der Waals surface area contributed by atoms with E-state index in [1.54, 1.807) is 6.92 Å². The first-order valence-electron chi connectivity index (χ1n) is 8.05. The van der Waals surface area contributed by atoms with Crippen LogP contribution in [0.15, 0.2) is 24.3 Å². The number of halogens is 1. The maximum atomic E-state index is 13.0. The minimum absolute atomic E-state index is 0.0445. The van der Waals surface area contributed by atoms with Gasteiger partial charge in [-0.3, -0.25) is 9.59 Å². The Kier molecular flexibility index (Phi) is 8.22. The fourth-order valence-electron chi connectivity index (χ4n) is 2.39. The van der Waals surface area contributed by atoms with Gasteiger partial charge in [0, 0.05) is 25.7 Å². The van der Waals surface area contributed by atoms with Crippen LogP contribution in [0.2, 0.25) is 0 Å². The second-order valence-electron chi connectivity index (χ2n) is 5.93. The molecule has 1 rings (SSSR count). The molecule has 0 aliphatic carbocycles. The number of carbonyl (C=O) groups is 3. The van der Waals surface area contributed by atoms with Gasteiger partial charge in [0.05, 0.1) is 13.2 Å². The van der Waals surface area contributed by atoms with Crippen molar-refractivity contribution in [1.29, 1.82) is 5.26 Å². The zero-order valence-corrected chi connectivity index (χ0v) is 14.9. The third-order valence-corrected chi connectivity index (χ3v) is 3.78. The number of nitrogens with one attached hydrogen (secondary N) is 2. The summed E-state index contributed by atoms with van der Waals surface area (Å²) in [5.74, 6) is -2.58. The monoisotopic (exact) mass is 363 g/mol. The first-order valence-corrected chi connectivity index (χ1v) is 8.05. The van der Waals surface area contributed by atoms with Gasteiger partial charge < -0.3 is 15.4 Å². The summed E-state index contributed by atoms with van der Waals surface area (Å²) in [6.07, 6.45) is 0.162. The topological polar surface area (TPSA) is 108 Å². The van der Waals surface area contributed by atoms with Crippen molar-refractivity contribution in [2.45, 2.75) is 38.8 Å². The zero-order valence-electron chi connectivity index (χ0n) is 14.9. The summed E-state index contributed by atoms with van der Waals surface area (Å²) in [5, 5.41) is 13.9. The molecule has 2 N–H and O–H groups in total. The van der Waals surface area contributed by atoms with E-state index < -0.39 is 41.6 Å². The molecule has 0 fully saturated rings. The van der Waals surface area contributed by atoms with E-state index in [9.17, 15) is 18.8 Å². The largest absolute Gasteiger partial charge is 0.467 e. The van der Waals surface area contributed by atoms with Gasteiger partial charge in [-0.15, -0.1) is 0 Å². The molecule has 0 aromatic heterocycles. The maximum Gasteiger partial charge on any atom is 0.328 e. The Morgan fingerprint density at radius 1 is 1.23 bits per heavy atom. The van der Waals surface area contributed by atoms with E-state index >= 15 is 0 Å². The van der Waals surface area contributed by atoms with Crippen molar-refractivity contribution >= 4 is 17.8 Å². The minimum Gasteiger partial charge on any atom is -0.467 e. The van der Waals surface area contributed by atoms with Crippen molar-refractivity contribution in [3.05, 3.63) is 35.6 Å². The number of rotatable bonds is 8. The molecule has 0 aliphatic rings. The molecule has 0 saturated carbocycles. The molecule has 140 valence electrons. The van der Waals surface area contributed by atoms with E-state index in [-0.39, 0.29) is 12.8 Å². The van der Waals surface area contributed by atoms with E-state index in [0.717, 1.165) is 0 Å². The fourth-order valence-corrected chi connectivity index (χ4v) is 2.39. The third-order valence-electron chi connectivity index (χ3n) is 3.78. The molecular formula is C18H22FN3O4. The lowest BCUT2D eigenvalue weighted by Crippen LogP contribution is -2.54. The first kappa shape index (κ1) is 21.1. The summed E-state index contributed by atoms with van der Waals surface area (Å²) >= 11 is 0. The number of nitriles is 1. The van der Waals surface area contributed by atoms with Gasteiger partial charge in [-0.2, -0.15) is 5.26 Å². The highest BCUT2D eigenvalue weighted by atomic mass is 19.1. The van der Waals surface area contributed by atoms with Gasteiger partial charge in [0.1, 0.15) is 17.9 Å². The number of hydrogen-bond acceptors (Lipinski definition) is 5. The van der Waals surface area contributed by atoms with Crippen LogP contribution in [-0.4, -0.2) is 37.0 Å². The van der Waals surface area contributed by atoms with E-state index in [1.165, 1.54) is 38.3 Å². The molecule has 0 radical (unpaired) electrons. The molecule has 26 heavy (non-hydrogen) atoms. The second-order valence-corrected chi connectivity index (χ2v) is 5.93. The number of amides is 2. The van der Waals surface area contributed by atoms with Crippen LogP contribution in [0.5, 0.6) is 0 Å². The normalized spacial score (nSPS) is 13.7. The van der Waals surface area contributed by atoms with E-state index in [2.05, 4.69) is 15.4 Å². The number of nitrogens with zero attached hydrogens (tertiary/aromatic N) is 1. The Morgan fingerprint density at radius 3 is 2.35 bits per heavy atom. The molecular weight excluding hydrogens is 341 g/mol. The lowest BCUT2D eigenvalue weighted by Gasteiger charge is -2.24. The van der Waals surface area contributed by atoms with Crippen LogP contribution >= 0.6 is 0 Å². The van der Waals surface area contributed by atoms with Crippen molar-refractivity contribution in [3.63, 3.8) is 0 Å². The van der Waals surface area contributed by atoms with Crippen molar-refractivity contribution in [3.8, 4) is 6.07 Å². The number of carbonyl (C=O) groups excluding carboxylic acids is 3. The van der Waals surface area contributed by atoms with Gasteiger partial charge >= 0.3 is 5.97 Å². The highest BCUT2D eigenvalue weighted by Gasteiger charge is 2.30. The number of hydrogen-bond donors (Lipinski definition) is 2. The van der Waals surface area contributed by atoms with Gasteiger partial charge in [-0.1, -0.05) is 19.1 Å². The smallest absolute Gasteiger partial charge is 0.328 e. The van der Waals surface area contributed by atoms with Gasteiger partial charge in [-0.25, -0.2) is 9.18 Å². The summed E-state index contributed by atoms with van der Waals surface area (Å²) in [6, 6.07) is 5.49. The predicted octanol–water partition coefficient (Wildman–Crippen LogP) is 1.08. The summed E-state index contributed by atoms with van der Waals surface area (Å²) in [5.41, 5.74) is 0.639. The third kappa shape index (κ3) is 6.51. The molecule has 0 unspecified atom stereocenters. The van der Waals surface area contributed by atoms with Crippen LogP contribution in [0, 0.1) is 23.1 Å². The van der Waals surface area contributed by atoms with Crippen LogP contribution in [0.3, 0.4) is 0 Å². The first-order chi connectivity index (χ1) is 12.3. The standard InChI is InChI=1S/C18H22FN3O4/c1-11(8-9-20)16(18(25)26-3)22-17(24)15(21-12(2)23)10-13-4-6-14(19)7-5-13/h4-7,11,15-16H,8,10H2,1-3H3,(H,21,23)(H,22,24)/t11-,15-,16+/m0/s1. The number of esters is 1. The second kappa shape index (κ2) is 10.1. The van der Waals surface area contributed by atoms with E-state index in [1.807, 2.05) is 6.07 Å². The summed E-state index contributed by atoms with van der Waals surface area (Å²) in [7, 11) is 1.18. The Balaban J connectivity index is 2.95. The average molecular weight is 363 g/mol. The van der Waals surface area contributed by atoms with Crippen LogP contribution in [0.25, 0.3) is 0 Å². The Bertz CT molecular complexity index is 685. The highest BCUT2D eigenvalue weighted by Crippen LogP contribution is 2.11. The molecule has 0 bridgehead atoms. The molecule has 1 aromatic carbocycles. The minimum atomic E-state index is -1.02. The Labute approximate surface area is 151 Å². The van der Waals surface area contributed by atoms with Crippen molar-refractivity contribution in [2.75, 3.05) is 7.11 Å². The predicted molar refractivity (Wildman–Crippen MR) is 91.0 cm³/mol. The zero-order chi connectivity index (χ0) is 19.7. The maximum absolute atomic E-state index is 13.0. The molecule has 2 amide bonds. The van der Waals surface area contributed by atoms with Crippen molar-refractivity contribution in [2.24, 2.45) is 5.92 Å². The van der Waals surface area contributed by atoms with Gasteiger partial charge in [-0.05, 0) is 17.7 Å². The SMILES string of the molecule is COC(=O)[C@H](NC(=O)[C@H](Cc1ccc(F)cc1)NC(C)=O)[C@@H](C)CC#N. The number of methoxy groups -OCH3 is 1. The number of ether oxygens (including phenoxy) is 1. The van der Waals surface area contributed by atoms with Gasteiger partial charge in [0.15, 0.2) is 0 Å². The van der Waals surface area contributed by atoms with Crippen LogP contribution < -0.4 is 10.6 Å². The van der Waals surface area contributed by atoms with E-state index in [0.29, 0.717) is 5.56 Å². The van der Waals surface area contributed by atoms with Crippen LogP contribution in [0.1, 0.15) is 25.8 Å². The molecule has 3 atom stereocenters. The summed E-state index contributed by atoms with van der Waals surface area (Å²) < 4.78 is 17.7. The van der Waals surface area contributed by atoms with E-state index in [4.69, 9.17) is 5.26 Å². The molecule has 0 saturated heterocycles. The molecule has 0 heterocycles. The van der Waals surface area contributed by atoms with Crippen molar-refractivity contribution in [1.82, 2.24) is 10.6 Å². The summed E-state index contributed by atoms with van der Waals surface area (Å²) in [6.45, 7) is 2.90. The number of benzene rings is 1. The molecule has 8 heteroatoms. The van der Waals surface area contributed by atoms with Gasteiger partial charge in [0.2, 0.25) is 11.8 Å².